The van der Waals surface area contributed by atoms with Crippen molar-refractivity contribution in [3.05, 3.63) is 29.8 Å². The molecule has 120 valence electrons. The molecule has 1 aliphatic rings. The standard InChI is InChI=1S/C17H23NO3S/c1-12-7-9-13(10-8-12)18-16(19)11-21-17(20)14-5-3-4-6-15(14)22-2/h3-6,12-13H,7-11H2,1-2H3,(H,18,19). The second-order valence-corrected chi connectivity index (χ2v) is 6.65. The Morgan fingerprint density at radius 3 is 2.59 bits per heavy atom. The number of nitrogens with one attached hydrogen (secondary N) is 1. The maximum atomic E-state index is 12.0. The van der Waals surface area contributed by atoms with Crippen molar-refractivity contribution in [3.8, 4) is 0 Å². The van der Waals surface area contributed by atoms with E-state index in [0.29, 0.717) is 5.56 Å². The van der Waals surface area contributed by atoms with Gasteiger partial charge in [-0.15, -0.1) is 11.8 Å². The molecule has 0 unspecified atom stereocenters. The van der Waals surface area contributed by atoms with Crippen LogP contribution in [0.5, 0.6) is 0 Å². The summed E-state index contributed by atoms with van der Waals surface area (Å²) in [6.07, 6.45) is 6.22. The third-order valence-corrected chi connectivity index (χ3v) is 4.84. The zero-order chi connectivity index (χ0) is 15.9. The van der Waals surface area contributed by atoms with Crippen molar-refractivity contribution in [1.29, 1.82) is 0 Å². The van der Waals surface area contributed by atoms with Crippen molar-refractivity contribution in [2.45, 2.75) is 43.5 Å². The fourth-order valence-corrected chi connectivity index (χ4v) is 3.28. The average molecular weight is 321 g/mol. The van der Waals surface area contributed by atoms with Crippen LogP contribution in [0.25, 0.3) is 0 Å². The minimum atomic E-state index is -0.447. The van der Waals surface area contributed by atoms with Crippen LogP contribution in [0.2, 0.25) is 0 Å². The minimum absolute atomic E-state index is 0.213. The van der Waals surface area contributed by atoms with E-state index in [-0.39, 0.29) is 18.6 Å². The Morgan fingerprint density at radius 2 is 1.91 bits per heavy atom. The van der Waals surface area contributed by atoms with Crippen molar-refractivity contribution in [3.63, 3.8) is 0 Å². The maximum absolute atomic E-state index is 12.0. The van der Waals surface area contributed by atoms with E-state index in [9.17, 15) is 9.59 Å². The number of amides is 1. The van der Waals surface area contributed by atoms with Crippen molar-refractivity contribution < 1.29 is 14.3 Å². The van der Waals surface area contributed by atoms with Crippen LogP contribution in [-0.2, 0) is 9.53 Å². The predicted molar refractivity (Wildman–Crippen MR) is 88.1 cm³/mol. The van der Waals surface area contributed by atoms with Gasteiger partial charge in [0.2, 0.25) is 0 Å². The number of rotatable bonds is 5. The highest BCUT2D eigenvalue weighted by Gasteiger charge is 2.20. The molecule has 1 N–H and O–H groups in total. The minimum Gasteiger partial charge on any atom is -0.452 e. The number of benzene rings is 1. The van der Waals surface area contributed by atoms with Gasteiger partial charge in [0.05, 0.1) is 5.56 Å². The molecule has 1 amide bonds. The van der Waals surface area contributed by atoms with Crippen molar-refractivity contribution in [1.82, 2.24) is 5.32 Å². The van der Waals surface area contributed by atoms with E-state index in [1.54, 1.807) is 12.1 Å². The van der Waals surface area contributed by atoms with Gasteiger partial charge in [0.1, 0.15) is 0 Å². The highest BCUT2D eigenvalue weighted by Crippen LogP contribution is 2.23. The number of esters is 1. The molecule has 1 aliphatic carbocycles. The van der Waals surface area contributed by atoms with Gasteiger partial charge in [0.25, 0.3) is 5.91 Å². The number of ether oxygens (including phenoxy) is 1. The second-order valence-electron chi connectivity index (χ2n) is 5.80. The summed E-state index contributed by atoms with van der Waals surface area (Å²) in [5, 5.41) is 2.95. The highest BCUT2D eigenvalue weighted by atomic mass is 32.2. The van der Waals surface area contributed by atoms with Gasteiger partial charge >= 0.3 is 5.97 Å². The van der Waals surface area contributed by atoms with Gasteiger partial charge in [-0.2, -0.15) is 0 Å². The van der Waals surface area contributed by atoms with Crippen LogP contribution in [0.1, 0.15) is 43.0 Å². The molecule has 1 saturated carbocycles. The number of thioether (sulfide) groups is 1. The van der Waals surface area contributed by atoms with E-state index in [0.717, 1.165) is 36.5 Å². The lowest BCUT2D eigenvalue weighted by Gasteiger charge is -2.26. The molecule has 4 nitrogen and oxygen atoms in total. The van der Waals surface area contributed by atoms with Crippen LogP contribution in [0.15, 0.2) is 29.2 Å². The third kappa shape index (κ3) is 4.77. The molecule has 0 atom stereocenters. The Balaban J connectivity index is 1.79. The topological polar surface area (TPSA) is 55.4 Å². The first-order valence-electron chi connectivity index (χ1n) is 7.69. The Bertz CT molecular complexity index is 524. The molecule has 22 heavy (non-hydrogen) atoms. The van der Waals surface area contributed by atoms with Gasteiger partial charge in [0.15, 0.2) is 6.61 Å². The fraction of sp³-hybridized carbons (Fsp3) is 0.529. The van der Waals surface area contributed by atoms with Crippen LogP contribution in [-0.4, -0.2) is 30.8 Å². The summed E-state index contributed by atoms with van der Waals surface area (Å²) < 4.78 is 5.13. The molecule has 2 rings (SSSR count). The van der Waals surface area contributed by atoms with Gasteiger partial charge in [0, 0.05) is 10.9 Å². The van der Waals surface area contributed by atoms with Crippen molar-refractivity contribution in [2.75, 3.05) is 12.9 Å². The molecule has 0 bridgehead atoms. The van der Waals surface area contributed by atoms with E-state index in [1.165, 1.54) is 11.8 Å². The van der Waals surface area contributed by atoms with Crippen LogP contribution in [0.4, 0.5) is 0 Å². The monoisotopic (exact) mass is 321 g/mol. The Morgan fingerprint density at radius 1 is 1.23 bits per heavy atom. The normalized spacial score (nSPS) is 21.2. The first kappa shape index (κ1) is 16.9. The van der Waals surface area contributed by atoms with Gasteiger partial charge in [-0.25, -0.2) is 4.79 Å². The number of carbonyl (C=O) groups is 2. The SMILES string of the molecule is CSc1ccccc1C(=O)OCC(=O)NC1CCC(C)CC1. The lowest BCUT2D eigenvalue weighted by Crippen LogP contribution is -2.39. The van der Waals surface area contributed by atoms with Gasteiger partial charge < -0.3 is 10.1 Å². The van der Waals surface area contributed by atoms with Crippen LogP contribution in [0, 0.1) is 5.92 Å². The van der Waals surface area contributed by atoms with E-state index in [4.69, 9.17) is 4.74 Å². The first-order valence-corrected chi connectivity index (χ1v) is 8.92. The molecule has 1 aromatic carbocycles. The zero-order valence-electron chi connectivity index (χ0n) is 13.1. The lowest BCUT2D eigenvalue weighted by molar-refractivity contribution is -0.125. The third-order valence-electron chi connectivity index (χ3n) is 4.04. The van der Waals surface area contributed by atoms with Crippen molar-refractivity contribution in [2.24, 2.45) is 5.92 Å². The van der Waals surface area contributed by atoms with E-state index in [1.807, 2.05) is 18.4 Å². The van der Waals surface area contributed by atoms with Crippen LogP contribution >= 0.6 is 11.8 Å². The molecule has 0 aliphatic heterocycles. The summed E-state index contributed by atoms with van der Waals surface area (Å²) in [4.78, 5) is 24.8. The molecular weight excluding hydrogens is 298 g/mol. The lowest BCUT2D eigenvalue weighted by atomic mass is 9.87. The van der Waals surface area contributed by atoms with Gasteiger partial charge in [-0.3, -0.25) is 4.79 Å². The summed E-state index contributed by atoms with van der Waals surface area (Å²) >= 11 is 1.49. The molecule has 0 radical (unpaired) electrons. The Kier molecular flexibility index (Phi) is 6.31. The summed E-state index contributed by atoms with van der Waals surface area (Å²) in [6, 6.07) is 7.47. The Labute approximate surface area is 136 Å². The molecule has 0 aromatic heterocycles. The molecule has 1 fully saturated rings. The largest absolute Gasteiger partial charge is 0.452 e. The molecule has 1 aromatic rings. The smallest absolute Gasteiger partial charge is 0.339 e. The van der Waals surface area contributed by atoms with Crippen molar-refractivity contribution >= 4 is 23.6 Å². The van der Waals surface area contributed by atoms with E-state index < -0.39 is 5.97 Å². The second kappa shape index (κ2) is 8.22. The molecular formula is C17H23NO3S. The average Bonchev–Trinajstić information content (AvgIpc) is 2.54. The Hall–Kier alpha value is -1.49. The quantitative estimate of drug-likeness (QED) is 0.668. The summed E-state index contributed by atoms with van der Waals surface area (Å²) in [5.74, 6) is 0.0842. The summed E-state index contributed by atoms with van der Waals surface area (Å²) in [7, 11) is 0. The fourth-order valence-electron chi connectivity index (χ4n) is 2.70. The summed E-state index contributed by atoms with van der Waals surface area (Å²) in [5.41, 5.74) is 0.509. The zero-order valence-corrected chi connectivity index (χ0v) is 13.9. The first-order chi connectivity index (χ1) is 10.6. The number of carbonyl (C=O) groups excluding carboxylic acids is 2. The molecule has 5 heteroatoms. The van der Waals surface area contributed by atoms with Gasteiger partial charge in [-0.05, 0) is 50.0 Å². The van der Waals surface area contributed by atoms with E-state index >= 15 is 0 Å². The number of hydrogen-bond acceptors (Lipinski definition) is 4. The summed E-state index contributed by atoms with van der Waals surface area (Å²) in [6.45, 7) is 2.02. The highest BCUT2D eigenvalue weighted by molar-refractivity contribution is 7.98. The molecule has 0 heterocycles. The van der Waals surface area contributed by atoms with Crippen LogP contribution < -0.4 is 5.32 Å². The maximum Gasteiger partial charge on any atom is 0.339 e. The van der Waals surface area contributed by atoms with E-state index in [2.05, 4.69) is 12.2 Å². The van der Waals surface area contributed by atoms with Gasteiger partial charge in [-0.1, -0.05) is 19.1 Å². The van der Waals surface area contributed by atoms with Crippen LogP contribution in [0.3, 0.4) is 0 Å². The number of hydrogen-bond donors (Lipinski definition) is 1. The molecule has 0 saturated heterocycles. The predicted octanol–water partition coefficient (Wildman–Crippen LogP) is 3.26. The molecule has 0 spiro atoms.